The highest BCUT2D eigenvalue weighted by atomic mass is 32.1. The molecule has 0 saturated carbocycles. The zero-order valence-corrected chi connectivity index (χ0v) is 20.7. The molecule has 6 nitrogen and oxygen atoms in total. The van der Waals surface area contributed by atoms with Gasteiger partial charge in [0.2, 0.25) is 0 Å². The molecule has 0 bridgehead atoms. The molecule has 1 aromatic heterocycles. The molecule has 0 unspecified atom stereocenters. The smallest absolute Gasteiger partial charge is 0.271 e. The summed E-state index contributed by atoms with van der Waals surface area (Å²) in [5.74, 6) is 1.54. The van der Waals surface area contributed by atoms with Crippen LogP contribution in [0.15, 0.2) is 82.1 Å². The number of allylic oxidation sites excluding steroid dienone is 1. The predicted octanol–water partition coefficient (Wildman–Crippen LogP) is 4.04. The summed E-state index contributed by atoms with van der Waals surface area (Å²) < 4.78 is 13.6. The maximum atomic E-state index is 13.9. The van der Waals surface area contributed by atoms with E-state index in [4.69, 9.17) is 14.5 Å². The van der Waals surface area contributed by atoms with Crippen LogP contribution < -0.4 is 24.4 Å². The summed E-state index contributed by atoms with van der Waals surface area (Å²) >= 11 is 1.36. The molecule has 6 rings (SSSR count). The van der Waals surface area contributed by atoms with E-state index in [2.05, 4.69) is 18.2 Å². The second kappa shape index (κ2) is 8.84. The van der Waals surface area contributed by atoms with Crippen molar-refractivity contribution in [3.63, 3.8) is 0 Å². The van der Waals surface area contributed by atoms with E-state index >= 15 is 0 Å². The fourth-order valence-corrected chi connectivity index (χ4v) is 6.12. The maximum absolute atomic E-state index is 13.9. The van der Waals surface area contributed by atoms with E-state index in [-0.39, 0.29) is 17.4 Å². The van der Waals surface area contributed by atoms with Gasteiger partial charge in [0.25, 0.3) is 5.56 Å². The van der Waals surface area contributed by atoms with Crippen LogP contribution in [-0.2, 0) is 6.42 Å². The number of phenols is 1. The van der Waals surface area contributed by atoms with E-state index in [0.29, 0.717) is 20.8 Å². The quantitative estimate of drug-likeness (QED) is 0.463. The van der Waals surface area contributed by atoms with Crippen molar-refractivity contribution >= 4 is 23.1 Å². The number of nitrogens with zero attached hydrogens (tertiary/aromatic N) is 2. The standard InChI is InChI=1S/C29H24N2O4S/c1-34-20-11-13-24(35-2)23(16-20)27-22-12-10-18-7-3-4-9-21(18)26(22)30-29-31(27)28(33)25(36-29)15-17-6-5-8-19(32)14-17/h3-9,11,13-16,27,32H,10,12H2,1-2H3/t27-/m1/s1. The fraction of sp³-hybridized carbons (Fsp3) is 0.172. The first kappa shape index (κ1) is 22.4. The average molecular weight is 497 g/mol. The van der Waals surface area contributed by atoms with Crippen molar-refractivity contribution < 1.29 is 14.6 Å². The molecule has 1 aliphatic carbocycles. The number of fused-ring (bicyclic) bond motifs is 3. The number of aromatic hydroxyl groups is 1. The van der Waals surface area contributed by atoms with Crippen LogP contribution in [0.25, 0.3) is 11.8 Å². The third-order valence-electron chi connectivity index (χ3n) is 6.77. The first-order chi connectivity index (χ1) is 17.6. The Morgan fingerprint density at radius 3 is 2.69 bits per heavy atom. The van der Waals surface area contributed by atoms with E-state index in [1.165, 1.54) is 16.9 Å². The van der Waals surface area contributed by atoms with Gasteiger partial charge in [0.1, 0.15) is 17.2 Å². The van der Waals surface area contributed by atoms with Crippen molar-refractivity contribution in [2.75, 3.05) is 14.2 Å². The molecule has 4 aromatic rings. The highest BCUT2D eigenvalue weighted by Gasteiger charge is 2.34. The van der Waals surface area contributed by atoms with Crippen LogP contribution in [0.5, 0.6) is 17.2 Å². The van der Waals surface area contributed by atoms with Gasteiger partial charge in [-0.1, -0.05) is 47.7 Å². The Morgan fingerprint density at radius 1 is 1.03 bits per heavy atom. The monoisotopic (exact) mass is 496 g/mol. The third kappa shape index (κ3) is 3.63. The van der Waals surface area contributed by atoms with Crippen molar-refractivity contribution in [1.29, 1.82) is 0 Å². The Bertz CT molecular complexity index is 1710. The van der Waals surface area contributed by atoms with E-state index in [0.717, 1.165) is 40.8 Å². The lowest BCUT2D eigenvalue weighted by Crippen LogP contribution is -2.39. The predicted molar refractivity (Wildman–Crippen MR) is 140 cm³/mol. The largest absolute Gasteiger partial charge is 0.508 e. The number of methoxy groups -OCH3 is 2. The minimum atomic E-state index is -0.374. The minimum absolute atomic E-state index is 0.123. The number of rotatable bonds is 4. The summed E-state index contributed by atoms with van der Waals surface area (Å²) in [5.41, 5.74) is 5.89. The normalized spacial score (nSPS) is 16.6. The van der Waals surface area contributed by atoms with Gasteiger partial charge in [0.05, 0.1) is 30.5 Å². The zero-order chi connectivity index (χ0) is 24.8. The number of phenolic OH excluding ortho intramolecular Hbond substituents is 1. The van der Waals surface area contributed by atoms with Crippen molar-refractivity contribution in [1.82, 2.24) is 4.57 Å². The highest BCUT2D eigenvalue weighted by molar-refractivity contribution is 7.07. The number of thiazole rings is 1. The van der Waals surface area contributed by atoms with Crippen molar-refractivity contribution in [3.05, 3.63) is 114 Å². The van der Waals surface area contributed by atoms with Crippen LogP contribution in [0.1, 0.15) is 34.7 Å². The Labute approximate surface area is 211 Å². The molecule has 3 aromatic carbocycles. The Balaban J connectivity index is 1.66. The van der Waals surface area contributed by atoms with Crippen LogP contribution in [0, 0.1) is 0 Å². The number of aromatic nitrogens is 1. The number of hydrogen-bond acceptors (Lipinski definition) is 6. The molecule has 0 amide bonds. The van der Waals surface area contributed by atoms with Gasteiger partial charge in [0.15, 0.2) is 4.80 Å². The number of benzene rings is 3. The summed E-state index contributed by atoms with van der Waals surface area (Å²) in [5, 5.41) is 9.90. The van der Waals surface area contributed by atoms with Gasteiger partial charge in [-0.3, -0.25) is 9.36 Å². The molecule has 1 N–H and O–H groups in total. The zero-order valence-electron chi connectivity index (χ0n) is 19.9. The number of ether oxygens (including phenoxy) is 2. The van der Waals surface area contributed by atoms with E-state index in [9.17, 15) is 9.90 Å². The summed E-state index contributed by atoms with van der Waals surface area (Å²) in [6, 6.07) is 20.5. The number of hydrogen-bond donors (Lipinski definition) is 1. The third-order valence-corrected chi connectivity index (χ3v) is 7.76. The van der Waals surface area contributed by atoms with E-state index < -0.39 is 0 Å². The van der Waals surface area contributed by atoms with Crippen LogP contribution in [0.3, 0.4) is 0 Å². The second-order valence-corrected chi connectivity index (χ2v) is 9.83. The van der Waals surface area contributed by atoms with Crippen LogP contribution >= 0.6 is 11.3 Å². The molecular formula is C29H24N2O4S. The topological polar surface area (TPSA) is 73.1 Å². The first-order valence-electron chi connectivity index (χ1n) is 11.7. The van der Waals surface area contributed by atoms with Crippen molar-refractivity contribution in [3.8, 4) is 17.2 Å². The first-order valence-corrected chi connectivity index (χ1v) is 12.5. The molecule has 0 radical (unpaired) electrons. The molecule has 2 heterocycles. The summed E-state index contributed by atoms with van der Waals surface area (Å²) in [4.78, 5) is 19.6. The van der Waals surface area contributed by atoms with Gasteiger partial charge < -0.3 is 14.6 Å². The highest BCUT2D eigenvalue weighted by Crippen LogP contribution is 2.44. The van der Waals surface area contributed by atoms with Crippen molar-refractivity contribution in [2.45, 2.75) is 18.9 Å². The SMILES string of the molecule is COc1ccc(OC)c([C@H]2C3=C(N=c4sc(=Cc5cccc(O)c5)c(=O)n42)c2ccccc2CC3)c1. The van der Waals surface area contributed by atoms with Gasteiger partial charge in [-0.2, -0.15) is 0 Å². The molecule has 2 aliphatic rings. The molecule has 1 atom stereocenters. The maximum Gasteiger partial charge on any atom is 0.271 e. The van der Waals surface area contributed by atoms with Gasteiger partial charge in [0, 0.05) is 11.1 Å². The van der Waals surface area contributed by atoms with Gasteiger partial charge in [-0.25, -0.2) is 4.99 Å². The number of aryl methyl sites for hydroxylation is 1. The van der Waals surface area contributed by atoms with E-state index in [1.807, 2.05) is 30.3 Å². The molecule has 1 aliphatic heterocycles. The van der Waals surface area contributed by atoms with Crippen LogP contribution in [0.2, 0.25) is 0 Å². The van der Waals surface area contributed by atoms with Gasteiger partial charge >= 0.3 is 0 Å². The minimum Gasteiger partial charge on any atom is -0.508 e. The van der Waals surface area contributed by atoms with Crippen LogP contribution in [0.4, 0.5) is 0 Å². The van der Waals surface area contributed by atoms with Crippen molar-refractivity contribution in [2.24, 2.45) is 4.99 Å². The lowest BCUT2D eigenvalue weighted by molar-refractivity contribution is 0.392. The molecule has 180 valence electrons. The lowest BCUT2D eigenvalue weighted by Gasteiger charge is -2.31. The lowest BCUT2D eigenvalue weighted by atomic mass is 9.83. The molecule has 0 fully saturated rings. The molecule has 7 heteroatoms. The Morgan fingerprint density at radius 2 is 1.89 bits per heavy atom. The summed E-state index contributed by atoms with van der Waals surface area (Å²) in [6.45, 7) is 0. The molecular weight excluding hydrogens is 472 g/mol. The average Bonchev–Trinajstić information content (AvgIpc) is 3.21. The second-order valence-electron chi connectivity index (χ2n) is 8.82. The fourth-order valence-electron chi connectivity index (χ4n) is 5.12. The van der Waals surface area contributed by atoms with Gasteiger partial charge in [-0.05, 0) is 65.9 Å². The Hall–Kier alpha value is -4.10. The summed E-state index contributed by atoms with van der Waals surface area (Å²) in [7, 11) is 3.27. The van der Waals surface area contributed by atoms with E-state index in [1.54, 1.807) is 43.1 Å². The summed E-state index contributed by atoms with van der Waals surface area (Å²) in [6.07, 6.45) is 3.47. The molecule has 0 spiro atoms. The molecule has 0 saturated heterocycles. The Kier molecular flexibility index (Phi) is 5.49. The van der Waals surface area contributed by atoms with Gasteiger partial charge in [-0.15, -0.1) is 0 Å². The molecule has 36 heavy (non-hydrogen) atoms. The van der Waals surface area contributed by atoms with Crippen LogP contribution in [-0.4, -0.2) is 23.9 Å².